The largest absolute Gasteiger partial charge is 0.339 e. The zero-order valence-corrected chi connectivity index (χ0v) is 14.3. The average molecular weight is 327 g/mol. The van der Waals surface area contributed by atoms with Crippen LogP contribution in [0.25, 0.3) is 0 Å². The Morgan fingerprint density at radius 1 is 1.19 bits per heavy atom. The van der Waals surface area contributed by atoms with Crippen LogP contribution in [0.2, 0.25) is 5.02 Å². The summed E-state index contributed by atoms with van der Waals surface area (Å²) in [4.78, 5) is 18.2. The predicted molar refractivity (Wildman–Crippen MR) is 90.1 cm³/mol. The summed E-state index contributed by atoms with van der Waals surface area (Å²) in [6.45, 7) is 9.00. The van der Waals surface area contributed by atoms with Gasteiger partial charge in [-0.1, -0.05) is 25.4 Å². The molecule has 1 fully saturated rings. The Hall–Kier alpha value is -0.710. The number of rotatable bonds is 5. The van der Waals surface area contributed by atoms with Crippen molar-refractivity contribution in [3.63, 3.8) is 0 Å². The van der Waals surface area contributed by atoms with E-state index in [0.29, 0.717) is 0 Å². The monoisotopic (exact) mass is 326 g/mol. The van der Waals surface area contributed by atoms with Gasteiger partial charge in [-0.25, -0.2) is 0 Å². The Kier molecular flexibility index (Phi) is 6.40. The van der Waals surface area contributed by atoms with Crippen molar-refractivity contribution in [2.24, 2.45) is 0 Å². The van der Waals surface area contributed by atoms with Crippen molar-refractivity contribution in [1.29, 1.82) is 0 Å². The quantitative estimate of drug-likeness (QED) is 0.775. The van der Waals surface area contributed by atoms with Crippen molar-refractivity contribution < 1.29 is 4.79 Å². The maximum absolute atomic E-state index is 12.7. The number of piperazine rings is 1. The van der Waals surface area contributed by atoms with Crippen LogP contribution in [0.3, 0.4) is 0 Å². The molecule has 0 radical (unpaired) electrons. The van der Waals surface area contributed by atoms with E-state index in [1.54, 1.807) is 11.8 Å². The van der Waals surface area contributed by atoms with Crippen LogP contribution >= 0.6 is 23.4 Å². The van der Waals surface area contributed by atoms with Gasteiger partial charge >= 0.3 is 0 Å². The lowest BCUT2D eigenvalue weighted by atomic mass is 10.2. The van der Waals surface area contributed by atoms with Crippen LogP contribution in [0.15, 0.2) is 29.2 Å². The molecule has 1 saturated heterocycles. The van der Waals surface area contributed by atoms with Gasteiger partial charge in [-0.05, 0) is 37.2 Å². The smallest absolute Gasteiger partial charge is 0.236 e. The zero-order chi connectivity index (χ0) is 15.2. The average Bonchev–Trinajstić information content (AvgIpc) is 2.54. The van der Waals surface area contributed by atoms with Crippen molar-refractivity contribution >= 4 is 29.3 Å². The lowest BCUT2D eigenvalue weighted by Crippen LogP contribution is -2.50. The van der Waals surface area contributed by atoms with Gasteiger partial charge in [0.25, 0.3) is 0 Å². The highest BCUT2D eigenvalue weighted by atomic mass is 35.5. The molecule has 1 aliphatic heterocycles. The Labute approximate surface area is 136 Å². The minimum absolute atomic E-state index is 0.000600. The third-order valence-corrected chi connectivity index (χ3v) is 5.49. The lowest BCUT2D eigenvalue weighted by molar-refractivity contribution is -0.132. The van der Waals surface area contributed by atoms with E-state index in [4.69, 9.17) is 11.6 Å². The summed E-state index contributed by atoms with van der Waals surface area (Å²) in [5, 5.41) is 0.730. The maximum Gasteiger partial charge on any atom is 0.236 e. The number of halogens is 1. The van der Waals surface area contributed by atoms with Gasteiger partial charge in [0, 0.05) is 36.1 Å². The number of carbonyl (C=O) groups is 1. The molecule has 0 spiro atoms. The zero-order valence-electron chi connectivity index (χ0n) is 12.7. The molecule has 1 unspecified atom stereocenters. The maximum atomic E-state index is 12.7. The fourth-order valence-corrected chi connectivity index (χ4v) is 3.64. The summed E-state index contributed by atoms with van der Waals surface area (Å²) in [6, 6.07) is 7.72. The van der Waals surface area contributed by atoms with Crippen molar-refractivity contribution in [1.82, 2.24) is 9.80 Å². The van der Waals surface area contributed by atoms with E-state index >= 15 is 0 Å². The molecule has 0 saturated carbocycles. The van der Waals surface area contributed by atoms with Gasteiger partial charge in [0.1, 0.15) is 0 Å². The van der Waals surface area contributed by atoms with E-state index in [1.165, 1.54) is 0 Å². The second-order valence-corrected chi connectivity index (χ2v) is 6.94. The van der Waals surface area contributed by atoms with E-state index in [-0.39, 0.29) is 11.2 Å². The summed E-state index contributed by atoms with van der Waals surface area (Å²) in [6.07, 6.45) is 0.847. The topological polar surface area (TPSA) is 23.6 Å². The van der Waals surface area contributed by atoms with Crippen LogP contribution in [0.4, 0.5) is 0 Å². The van der Waals surface area contributed by atoms with Crippen LogP contribution in [-0.2, 0) is 4.79 Å². The number of carbonyl (C=O) groups excluding carboxylic acids is 1. The Balaban J connectivity index is 1.94. The van der Waals surface area contributed by atoms with E-state index in [9.17, 15) is 4.79 Å². The number of benzene rings is 1. The molecule has 0 aromatic heterocycles. The Morgan fingerprint density at radius 2 is 1.81 bits per heavy atom. The van der Waals surface area contributed by atoms with E-state index in [2.05, 4.69) is 18.7 Å². The minimum Gasteiger partial charge on any atom is -0.339 e. The van der Waals surface area contributed by atoms with E-state index < -0.39 is 0 Å². The van der Waals surface area contributed by atoms with Crippen LogP contribution in [0.5, 0.6) is 0 Å². The first-order valence-electron chi connectivity index (χ1n) is 7.57. The molecule has 0 aliphatic carbocycles. The number of nitrogens with zero attached hydrogens (tertiary/aromatic N) is 2. The SMILES string of the molecule is CCC(Sc1ccc(Cl)cc1)C(=O)N1CCN(CC)CC1. The molecule has 2 rings (SSSR count). The van der Waals surface area contributed by atoms with Gasteiger partial charge < -0.3 is 9.80 Å². The van der Waals surface area contributed by atoms with Gasteiger partial charge in [0.05, 0.1) is 5.25 Å². The van der Waals surface area contributed by atoms with Crippen molar-refractivity contribution in [2.45, 2.75) is 30.4 Å². The fraction of sp³-hybridized carbons (Fsp3) is 0.562. The number of amides is 1. The van der Waals surface area contributed by atoms with Crippen LogP contribution in [0, 0.1) is 0 Å². The normalized spacial score (nSPS) is 17.8. The number of hydrogen-bond acceptors (Lipinski definition) is 3. The fourth-order valence-electron chi connectivity index (χ4n) is 2.47. The van der Waals surface area contributed by atoms with Gasteiger partial charge in [0.2, 0.25) is 5.91 Å². The molecule has 3 nitrogen and oxygen atoms in total. The number of likely N-dealkylation sites (N-methyl/N-ethyl adjacent to an activating group) is 1. The molecule has 0 N–H and O–H groups in total. The van der Waals surface area contributed by atoms with Crippen LogP contribution in [-0.4, -0.2) is 53.7 Å². The van der Waals surface area contributed by atoms with Crippen LogP contribution in [0.1, 0.15) is 20.3 Å². The number of thioether (sulfide) groups is 1. The third kappa shape index (κ3) is 4.63. The minimum atomic E-state index is -0.000600. The molecule has 1 aliphatic rings. The first-order chi connectivity index (χ1) is 10.1. The molecular weight excluding hydrogens is 304 g/mol. The van der Waals surface area contributed by atoms with Crippen molar-refractivity contribution in [3.05, 3.63) is 29.3 Å². The first-order valence-corrected chi connectivity index (χ1v) is 8.83. The van der Waals surface area contributed by atoms with Gasteiger partial charge in [0.15, 0.2) is 0 Å². The molecule has 1 amide bonds. The van der Waals surface area contributed by atoms with Crippen molar-refractivity contribution in [2.75, 3.05) is 32.7 Å². The molecule has 1 atom stereocenters. The second kappa shape index (κ2) is 8.06. The molecule has 116 valence electrons. The van der Waals surface area contributed by atoms with Crippen molar-refractivity contribution in [3.8, 4) is 0 Å². The molecular formula is C16H23ClN2OS. The Morgan fingerprint density at radius 3 is 2.33 bits per heavy atom. The molecule has 5 heteroatoms. The molecule has 0 bridgehead atoms. The van der Waals surface area contributed by atoms with E-state index in [0.717, 1.165) is 49.1 Å². The summed E-state index contributed by atoms with van der Waals surface area (Å²) >= 11 is 7.55. The molecule has 1 aromatic carbocycles. The van der Waals surface area contributed by atoms with E-state index in [1.807, 2.05) is 29.2 Å². The first kappa shape index (κ1) is 16.7. The molecule has 21 heavy (non-hydrogen) atoms. The summed E-state index contributed by atoms with van der Waals surface area (Å²) in [5.41, 5.74) is 0. The van der Waals surface area contributed by atoms with Gasteiger partial charge in [-0.3, -0.25) is 4.79 Å². The molecule has 1 heterocycles. The second-order valence-electron chi connectivity index (χ2n) is 5.23. The highest BCUT2D eigenvalue weighted by Crippen LogP contribution is 2.28. The predicted octanol–water partition coefficient (Wildman–Crippen LogP) is 3.37. The highest BCUT2D eigenvalue weighted by Gasteiger charge is 2.26. The summed E-state index contributed by atoms with van der Waals surface area (Å²) in [7, 11) is 0. The molecule has 1 aromatic rings. The lowest BCUT2D eigenvalue weighted by Gasteiger charge is -2.35. The third-order valence-electron chi connectivity index (χ3n) is 3.87. The summed E-state index contributed by atoms with van der Waals surface area (Å²) in [5.74, 6) is 0.271. The van der Waals surface area contributed by atoms with Gasteiger partial charge in [-0.2, -0.15) is 0 Å². The number of hydrogen-bond donors (Lipinski definition) is 0. The van der Waals surface area contributed by atoms with Gasteiger partial charge in [-0.15, -0.1) is 11.8 Å². The van der Waals surface area contributed by atoms with Crippen LogP contribution < -0.4 is 0 Å². The Bertz CT molecular complexity index is 458. The standard InChI is InChI=1S/C16H23ClN2OS/c1-3-15(21-14-7-5-13(17)6-8-14)16(20)19-11-9-18(4-2)10-12-19/h5-8,15H,3-4,9-12H2,1-2H3. The highest BCUT2D eigenvalue weighted by molar-refractivity contribution is 8.00. The summed E-state index contributed by atoms with van der Waals surface area (Å²) < 4.78 is 0.